The maximum absolute atomic E-state index is 9.45. The topological polar surface area (TPSA) is 29.5 Å². The van der Waals surface area contributed by atoms with Crippen molar-refractivity contribution < 1.29 is 9.84 Å². The molecule has 1 aliphatic heterocycles. The van der Waals surface area contributed by atoms with E-state index in [4.69, 9.17) is 4.74 Å². The Hall–Kier alpha value is 1.32. The number of methoxy groups -OCH3 is 1. The van der Waals surface area contributed by atoms with E-state index in [0.29, 0.717) is 6.10 Å². The van der Waals surface area contributed by atoms with E-state index in [1.807, 2.05) is 0 Å². The summed E-state index contributed by atoms with van der Waals surface area (Å²) in [5.41, 5.74) is 0. The average Bonchev–Trinajstić information content (AvgIpc) is 2.16. The van der Waals surface area contributed by atoms with Gasteiger partial charge in [0.05, 0.1) is 12.2 Å². The van der Waals surface area contributed by atoms with Crippen molar-refractivity contribution in [2.24, 2.45) is 0 Å². The molecule has 0 bridgehead atoms. The Morgan fingerprint density at radius 3 is 1.92 bits per heavy atom. The molecule has 1 N–H and O–H groups in total. The smallest absolute Gasteiger partial charge is 0.0768 e. The van der Waals surface area contributed by atoms with E-state index in [1.54, 1.807) is 50.3 Å². The summed E-state index contributed by atoms with van der Waals surface area (Å²) in [4.78, 5) is 0. The molecule has 0 aromatic heterocycles. The second-order valence-electron chi connectivity index (χ2n) is 2.65. The summed E-state index contributed by atoms with van der Waals surface area (Å²) in [6, 6.07) is 0. The molecule has 0 aromatic carbocycles. The predicted octanol–water partition coefficient (Wildman–Crippen LogP) is 2.14. The fourth-order valence-electron chi connectivity index (χ4n) is 0.734. The van der Waals surface area contributed by atoms with Gasteiger partial charge in [0.15, 0.2) is 0 Å². The Kier molecular flexibility index (Phi) is 7.23. The van der Waals surface area contributed by atoms with Gasteiger partial charge in [0.1, 0.15) is 0 Å². The molecule has 1 saturated heterocycles. The van der Waals surface area contributed by atoms with Crippen molar-refractivity contribution in [2.75, 3.05) is 30.1 Å². The summed E-state index contributed by atoms with van der Waals surface area (Å²) >= 11 is 0. The Morgan fingerprint density at radius 2 is 1.46 bits per heavy atom. The van der Waals surface area contributed by atoms with E-state index in [0.717, 1.165) is 23.0 Å². The quantitative estimate of drug-likeness (QED) is 0.725. The summed E-state index contributed by atoms with van der Waals surface area (Å²) < 4.78 is 5.32. The predicted molar refractivity (Wildman–Crippen MR) is 66.6 cm³/mol. The standard InChI is InChI=1S/C7H14O2S4/c1-9-7-4-12-10-2-6(8)3-11-13-5-7/h6-8H,2-5H2,1H3. The van der Waals surface area contributed by atoms with Crippen LogP contribution >= 0.6 is 43.2 Å². The molecule has 0 saturated carbocycles. The van der Waals surface area contributed by atoms with Crippen LogP contribution < -0.4 is 0 Å². The van der Waals surface area contributed by atoms with Crippen LogP contribution in [0.2, 0.25) is 0 Å². The summed E-state index contributed by atoms with van der Waals surface area (Å²) in [5.74, 6) is 3.69. The fourth-order valence-corrected chi connectivity index (χ4v) is 5.79. The zero-order chi connectivity index (χ0) is 9.52. The molecule has 0 aliphatic carbocycles. The monoisotopic (exact) mass is 258 g/mol. The minimum atomic E-state index is -0.158. The lowest BCUT2D eigenvalue weighted by molar-refractivity contribution is 0.142. The molecule has 0 spiro atoms. The van der Waals surface area contributed by atoms with E-state index in [-0.39, 0.29) is 6.10 Å². The van der Waals surface area contributed by atoms with Crippen LogP contribution in [0, 0.1) is 0 Å². The van der Waals surface area contributed by atoms with Crippen LogP contribution in [-0.4, -0.2) is 47.4 Å². The second kappa shape index (κ2) is 7.59. The van der Waals surface area contributed by atoms with Crippen LogP contribution in [0.15, 0.2) is 0 Å². The number of aliphatic hydroxyl groups is 1. The van der Waals surface area contributed by atoms with Crippen molar-refractivity contribution in [1.82, 2.24) is 0 Å². The zero-order valence-corrected chi connectivity index (χ0v) is 10.7. The highest BCUT2D eigenvalue weighted by Gasteiger charge is 2.13. The highest BCUT2D eigenvalue weighted by Crippen LogP contribution is 2.31. The Balaban J connectivity index is 2.24. The maximum atomic E-state index is 9.45. The highest BCUT2D eigenvalue weighted by molar-refractivity contribution is 8.77. The van der Waals surface area contributed by atoms with Crippen LogP contribution in [-0.2, 0) is 4.74 Å². The largest absolute Gasteiger partial charge is 0.391 e. The maximum Gasteiger partial charge on any atom is 0.0768 e. The minimum absolute atomic E-state index is 0.158. The van der Waals surface area contributed by atoms with Gasteiger partial charge < -0.3 is 9.84 Å². The summed E-state index contributed by atoms with van der Waals surface area (Å²) in [6.07, 6.45) is 0.194. The van der Waals surface area contributed by atoms with E-state index < -0.39 is 0 Å². The molecular formula is C7H14O2S4. The van der Waals surface area contributed by atoms with Gasteiger partial charge in [-0.1, -0.05) is 43.2 Å². The zero-order valence-electron chi connectivity index (χ0n) is 7.47. The van der Waals surface area contributed by atoms with E-state index in [2.05, 4.69) is 0 Å². The van der Waals surface area contributed by atoms with Crippen molar-refractivity contribution in [3.63, 3.8) is 0 Å². The van der Waals surface area contributed by atoms with Gasteiger partial charge in [-0.05, 0) is 0 Å². The molecule has 0 atom stereocenters. The van der Waals surface area contributed by atoms with Crippen molar-refractivity contribution in [2.45, 2.75) is 12.2 Å². The van der Waals surface area contributed by atoms with Gasteiger partial charge in [-0.25, -0.2) is 0 Å². The molecule has 0 radical (unpaired) electrons. The summed E-state index contributed by atoms with van der Waals surface area (Å²) in [7, 11) is 8.85. The molecule has 13 heavy (non-hydrogen) atoms. The van der Waals surface area contributed by atoms with E-state index >= 15 is 0 Å². The molecular weight excluding hydrogens is 244 g/mol. The third-order valence-corrected chi connectivity index (χ3v) is 6.55. The fraction of sp³-hybridized carbons (Fsp3) is 1.00. The van der Waals surface area contributed by atoms with Crippen molar-refractivity contribution >= 4 is 43.2 Å². The average molecular weight is 258 g/mol. The number of aliphatic hydroxyl groups excluding tert-OH is 1. The molecule has 1 heterocycles. The third-order valence-electron chi connectivity index (χ3n) is 1.53. The first-order chi connectivity index (χ1) is 6.33. The van der Waals surface area contributed by atoms with Gasteiger partial charge in [0, 0.05) is 30.1 Å². The lowest BCUT2D eigenvalue weighted by Crippen LogP contribution is -2.18. The Labute approximate surface area is 95.1 Å². The molecule has 0 amide bonds. The minimum Gasteiger partial charge on any atom is -0.391 e. The Morgan fingerprint density at radius 1 is 1.00 bits per heavy atom. The van der Waals surface area contributed by atoms with Gasteiger partial charge in [-0.2, -0.15) is 0 Å². The van der Waals surface area contributed by atoms with Crippen LogP contribution in [0.4, 0.5) is 0 Å². The first kappa shape index (κ1) is 12.4. The first-order valence-electron chi connectivity index (χ1n) is 4.02. The number of hydrogen-bond donors (Lipinski definition) is 1. The molecule has 2 nitrogen and oxygen atoms in total. The van der Waals surface area contributed by atoms with Gasteiger partial charge in [-0.15, -0.1) is 0 Å². The van der Waals surface area contributed by atoms with Gasteiger partial charge in [0.25, 0.3) is 0 Å². The Bertz CT molecular complexity index is 124. The number of ether oxygens (including phenoxy) is 1. The van der Waals surface area contributed by atoms with Crippen LogP contribution in [0.1, 0.15) is 0 Å². The lowest BCUT2D eigenvalue weighted by Gasteiger charge is -2.17. The third kappa shape index (κ3) is 5.69. The van der Waals surface area contributed by atoms with Gasteiger partial charge in [0.2, 0.25) is 0 Å². The molecule has 78 valence electrons. The molecule has 1 rings (SSSR count). The lowest BCUT2D eigenvalue weighted by atomic mass is 10.5. The van der Waals surface area contributed by atoms with Gasteiger partial charge in [-0.3, -0.25) is 0 Å². The molecule has 0 unspecified atom stereocenters. The molecule has 6 heteroatoms. The molecule has 1 aliphatic rings. The first-order valence-corrected chi connectivity index (χ1v) is 9.00. The molecule has 1 fully saturated rings. The second-order valence-corrected chi connectivity index (χ2v) is 7.75. The van der Waals surface area contributed by atoms with Crippen LogP contribution in [0.25, 0.3) is 0 Å². The normalized spacial score (nSPS) is 32.8. The highest BCUT2D eigenvalue weighted by atomic mass is 33.1. The van der Waals surface area contributed by atoms with Crippen LogP contribution in [0.3, 0.4) is 0 Å². The van der Waals surface area contributed by atoms with Crippen LogP contribution in [0.5, 0.6) is 0 Å². The van der Waals surface area contributed by atoms with Crippen molar-refractivity contribution in [3.8, 4) is 0 Å². The summed E-state index contributed by atoms with van der Waals surface area (Å²) in [6.45, 7) is 0. The summed E-state index contributed by atoms with van der Waals surface area (Å²) in [5, 5.41) is 9.45. The molecule has 0 aromatic rings. The van der Waals surface area contributed by atoms with E-state index in [9.17, 15) is 5.11 Å². The number of rotatable bonds is 1. The van der Waals surface area contributed by atoms with Crippen molar-refractivity contribution in [3.05, 3.63) is 0 Å². The van der Waals surface area contributed by atoms with Gasteiger partial charge >= 0.3 is 0 Å². The number of hydrogen-bond acceptors (Lipinski definition) is 6. The SMILES string of the molecule is COC1CSSCC(O)CSSC1. The van der Waals surface area contributed by atoms with E-state index in [1.165, 1.54) is 0 Å². The van der Waals surface area contributed by atoms with Crippen molar-refractivity contribution in [1.29, 1.82) is 0 Å².